The van der Waals surface area contributed by atoms with Crippen LogP contribution in [0.1, 0.15) is 24.6 Å². The molecule has 23 heavy (non-hydrogen) atoms. The van der Waals surface area contributed by atoms with E-state index in [0.717, 1.165) is 0 Å². The number of aromatic nitrogens is 2. The fraction of sp³-hybridized carbons (Fsp3) is 0.733. The minimum Gasteiger partial charge on any atom is -0.378 e. The average molecular weight is 322 g/mol. The Labute approximate surface area is 134 Å². The maximum atomic E-state index is 12.5. The summed E-state index contributed by atoms with van der Waals surface area (Å²) in [4.78, 5) is 32.4. The van der Waals surface area contributed by atoms with Crippen molar-refractivity contribution in [2.75, 3.05) is 39.4 Å². The number of carbonyl (C=O) groups is 2. The van der Waals surface area contributed by atoms with E-state index in [1.807, 2.05) is 4.90 Å². The van der Waals surface area contributed by atoms with Crippen LogP contribution in [0.3, 0.4) is 0 Å². The van der Waals surface area contributed by atoms with Gasteiger partial charge in [-0.05, 0) is 12.8 Å². The van der Waals surface area contributed by atoms with Gasteiger partial charge in [-0.3, -0.25) is 9.59 Å². The van der Waals surface area contributed by atoms with Gasteiger partial charge in [0, 0.05) is 39.0 Å². The van der Waals surface area contributed by atoms with E-state index in [9.17, 15) is 9.59 Å². The van der Waals surface area contributed by atoms with E-state index in [0.29, 0.717) is 63.9 Å². The summed E-state index contributed by atoms with van der Waals surface area (Å²) in [6.45, 7) is 5.50. The molecule has 0 aliphatic carbocycles. The second kappa shape index (κ2) is 7.08. The molecular weight excluding hydrogens is 300 g/mol. The van der Waals surface area contributed by atoms with Crippen molar-refractivity contribution in [2.45, 2.75) is 26.2 Å². The molecular formula is C15H22N4O4. The summed E-state index contributed by atoms with van der Waals surface area (Å²) in [6.07, 6.45) is 1.58. The van der Waals surface area contributed by atoms with Crippen molar-refractivity contribution in [3.63, 3.8) is 0 Å². The Morgan fingerprint density at radius 3 is 2.43 bits per heavy atom. The van der Waals surface area contributed by atoms with E-state index < -0.39 is 0 Å². The lowest BCUT2D eigenvalue weighted by Crippen LogP contribution is -2.47. The summed E-state index contributed by atoms with van der Waals surface area (Å²) in [5.41, 5.74) is 0. The monoisotopic (exact) mass is 322 g/mol. The van der Waals surface area contributed by atoms with Crippen molar-refractivity contribution >= 4 is 11.8 Å². The van der Waals surface area contributed by atoms with Crippen LogP contribution in [0.5, 0.6) is 0 Å². The van der Waals surface area contributed by atoms with E-state index in [2.05, 4.69) is 10.1 Å². The molecule has 0 atom stereocenters. The highest BCUT2D eigenvalue weighted by atomic mass is 16.5. The summed E-state index contributed by atoms with van der Waals surface area (Å²) >= 11 is 0. The van der Waals surface area contributed by atoms with E-state index in [1.54, 1.807) is 11.8 Å². The smallest absolute Gasteiger partial charge is 0.230 e. The molecule has 3 heterocycles. The summed E-state index contributed by atoms with van der Waals surface area (Å²) in [7, 11) is 0. The van der Waals surface area contributed by atoms with Crippen molar-refractivity contribution in [1.29, 1.82) is 0 Å². The molecule has 3 rings (SSSR count). The van der Waals surface area contributed by atoms with Crippen molar-refractivity contribution in [2.24, 2.45) is 5.92 Å². The largest absolute Gasteiger partial charge is 0.378 e. The maximum Gasteiger partial charge on any atom is 0.230 e. The van der Waals surface area contributed by atoms with Crippen LogP contribution < -0.4 is 0 Å². The minimum atomic E-state index is -0.0110. The molecule has 2 aliphatic rings. The Hall–Kier alpha value is -1.96. The number of ether oxygens (including phenoxy) is 1. The number of amides is 2. The fourth-order valence-corrected chi connectivity index (χ4v) is 3.08. The number of piperidine rings is 1. The van der Waals surface area contributed by atoms with Gasteiger partial charge in [-0.1, -0.05) is 5.16 Å². The van der Waals surface area contributed by atoms with Crippen LogP contribution in [0, 0.1) is 12.8 Å². The standard InChI is InChI=1S/C15H22N4O4/c1-11-16-13(17-23-11)10-14(20)18-4-2-12(3-5-18)15(21)19-6-8-22-9-7-19/h12H,2-10H2,1H3. The molecule has 0 aromatic carbocycles. The summed E-state index contributed by atoms with van der Waals surface area (Å²) in [6, 6.07) is 0. The van der Waals surface area contributed by atoms with Crippen molar-refractivity contribution in [3.05, 3.63) is 11.7 Å². The first kappa shape index (κ1) is 15.9. The molecule has 0 radical (unpaired) electrons. The number of hydrogen-bond acceptors (Lipinski definition) is 6. The Morgan fingerprint density at radius 1 is 1.13 bits per heavy atom. The summed E-state index contributed by atoms with van der Waals surface area (Å²) < 4.78 is 10.2. The normalized spacial score (nSPS) is 19.9. The molecule has 1 aromatic rings. The zero-order valence-corrected chi connectivity index (χ0v) is 13.4. The van der Waals surface area contributed by atoms with Gasteiger partial charge in [-0.2, -0.15) is 4.98 Å². The van der Waals surface area contributed by atoms with E-state index in [-0.39, 0.29) is 24.2 Å². The molecule has 0 unspecified atom stereocenters. The summed E-state index contributed by atoms with van der Waals surface area (Å²) in [5, 5.41) is 3.75. The van der Waals surface area contributed by atoms with Crippen LogP contribution in [0.4, 0.5) is 0 Å². The second-order valence-corrected chi connectivity index (χ2v) is 6.00. The molecule has 0 spiro atoms. The summed E-state index contributed by atoms with van der Waals surface area (Å²) in [5.74, 6) is 1.09. The molecule has 2 amide bonds. The van der Waals surface area contributed by atoms with Gasteiger partial charge >= 0.3 is 0 Å². The first-order chi connectivity index (χ1) is 11.1. The van der Waals surface area contributed by atoms with Gasteiger partial charge in [-0.25, -0.2) is 0 Å². The lowest BCUT2D eigenvalue weighted by Gasteiger charge is -2.35. The van der Waals surface area contributed by atoms with E-state index >= 15 is 0 Å². The Bertz CT molecular complexity index is 560. The number of hydrogen-bond donors (Lipinski definition) is 0. The number of nitrogens with zero attached hydrogens (tertiary/aromatic N) is 4. The number of morpholine rings is 1. The lowest BCUT2D eigenvalue weighted by molar-refractivity contribution is -0.143. The van der Waals surface area contributed by atoms with Gasteiger partial charge in [-0.15, -0.1) is 0 Å². The van der Waals surface area contributed by atoms with Gasteiger partial charge in [0.2, 0.25) is 17.7 Å². The van der Waals surface area contributed by atoms with Crippen LogP contribution in [0.15, 0.2) is 4.52 Å². The number of aryl methyl sites for hydroxylation is 1. The van der Waals surface area contributed by atoms with Crippen LogP contribution in [-0.4, -0.2) is 71.1 Å². The second-order valence-electron chi connectivity index (χ2n) is 6.00. The molecule has 2 fully saturated rings. The zero-order chi connectivity index (χ0) is 16.2. The molecule has 8 nitrogen and oxygen atoms in total. The van der Waals surface area contributed by atoms with Crippen LogP contribution in [-0.2, 0) is 20.7 Å². The maximum absolute atomic E-state index is 12.5. The van der Waals surface area contributed by atoms with E-state index in [1.165, 1.54) is 0 Å². The lowest BCUT2D eigenvalue weighted by atomic mass is 9.95. The minimum absolute atomic E-state index is 0.0110. The van der Waals surface area contributed by atoms with Crippen LogP contribution in [0.2, 0.25) is 0 Å². The molecule has 1 aromatic heterocycles. The quantitative estimate of drug-likeness (QED) is 0.779. The van der Waals surface area contributed by atoms with Gasteiger partial charge in [0.1, 0.15) is 0 Å². The number of rotatable bonds is 3. The third-order valence-electron chi connectivity index (χ3n) is 4.40. The van der Waals surface area contributed by atoms with Gasteiger partial charge in [0.25, 0.3) is 0 Å². The van der Waals surface area contributed by atoms with Gasteiger partial charge < -0.3 is 19.1 Å². The fourth-order valence-electron chi connectivity index (χ4n) is 3.08. The van der Waals surface area contributed by atoms with Crippen molar-refractivity contribution in [3.8, 4) is 0 Å². The van der Waals surface area contributed by atoms with Crippen molar-refractivity contribution in [1.82, 2.24) is 19.9 Å². The topological polar surface area (TPSA) is 88.8 Å². The predicted molar refractivity (Wildman–Crippen MR) is 79.4 cm³/mol. The van der Waals surface area contributed by atoms with Crippen LogP contribution in [0.25, 0.3) is 0 Å². The first-order valence-electron chi connectivity index (χ1n) is 8.07. The molecule has 0 N–H and O–H groups in total. The highest BCUT2D eigenvalue weighted by molar-refractivity contribution is 5.80. The van der Waals surface area contributed by atoms with E-state index in [4.69, 9.17) is 9.26 Å². The van der Waals surface area contributed by atoms with Crippen molar-refractivity contribution < 1.29 is 18.8 Å². The predicted octanol–water partition coefficient (Wildman–Crippen LogP) is 0.0179. The first-order valence-corrected chi connectivity index (χ1v) is 8.07. The average Bonchev–Trinajstić information content (AvgIpc) is 3.00. The Balaban J connectivity index is 1.47. The molecule has 0 saturated carbocycles. The number of likely N-dealkylation sites (tertiary alicyclic amines) is 1. The van der Waals surface area contributed by atoms with Gasteiger partial charge in [0.15, 0.2) is 5.82 Å². The molecule has 0 bridgehead atoms. The Morgan fingerprint density at radius 2 is 1.83 bits per heavy atom. The third kappa shape index (κ3) is 3.87. The van der Waals surface area contributed by atoms with Crippen LogP contribution >= 0.6 is 0 Å². The zero-order valence-electron chi connectivity index (χ0n) is 13.4. The Kier molecular flexibility index (Phi) is 4.90. The third-order valence-corrected chi connectivity index (χ3v) is 4.40. The molecule has 126 valence electrons. The molecule has 8 heteroatoms. The highest BCUT2D eigenvalue weighted by Gasteiger charge is 2.31. The molecule has 2 aliphatic heterocycles. The number of carbonyl (C=O) groups excluding carboxylic acids is 2. The SMILES string of the molecule is Cc1nc(CC(=O)N2CCC(C(=O)N3CCOCC3)CC2)no1. The molecule has 2 saturated heterocycles. The highest BCUT2D eigenvalue weighted by Crippen LogP contribution is 2.21. The van der Waals surface area contributed by atoms with Gasteiger partial charge in [0.05, 0.1) is 19.6 Å².